The van der Waals surface area contributed by atoms with Gasteiger partial charge in [-0.3, -0.25) is 20.0 Å². The summed E-state index contributed by atoms with van der Waals surface area (Å²) in [4.78, 5) is 46.2. The van der Waals surface area contributed by atoms with Crippen molar-refractivity contribution in [2.45, 2.75) is 18.9 Å². The summed E-state index contributed by atoms with van der Waals surface area (Å²) in [6, 6.07) is 17.7. The van der Waals surface area contributed by atoms with Gasteiger partial charge in [-0.1, -0.05) is 36.4 Å². The summed E-state index contributed by atoms with van der Waals surface area (Å²) < 4.78 is 5.61. The molecule has 0 bridgehead atoms. The smallest absolute Gasteiger partial charge is 0.326 e. The third-order valence-corrected chi connectivity index (χ3v) is 6.57. The quantitative estimate of drug-likeness (QED) is 0.195. The van der Waals surface area contributed by atoms with Crippen molar-refractivity contribution < 1.29 is 24.2 Å². The molecule has 0 spiro atoms. The van der Waals surface area contributed by atoms with E-state index in [0.29, 0.717) is 47.3 Å². The molecule has 1 unspecified atom stereocenters. The number of hydrazine groups is 1. The van der Waals surface area contributed by atoms with Crippen LogP contribution in [0.3, 0.4) is 0 Å². The summed E-state index contributed by atoms with van der Waals surface area (Å²) in [6.45, 7) is 0.221. The lowest BCUT2D eigenvalue weighted by Gasteiger charge is -2.21. The highest BCUT2D eigenvalue weighted by Crippen LogP contribution is 2.28. The predicted octanol–water partition coefficient (Wildman–Crippen LogP) is 3.02. The molecule has 1 fully saturated rings. The highest BCUT2D eigenvalue weighted by molar-refractivity contribution is 6.06. The fraction of sp³-hybridized carbons (Fsp3) is 0.179. The van der Waals surface area contributed by atoms with Crippen LogP contribution in [0.1, 0.15) is 23.2 Å². The molecule has 4 aromatic rings. The maximum atomic E-state index is 12.4. The first-order valence-electron chi connectivity index (χ1n) is 12.1. The highest BCUT2D eigenvalue weighted by atomic mass is 16.5. The van der Waals surface area contributed by atoms with Gasteiger partial charge in [0, 0.05) is 29.9 Å². The zero-order valence-corrected chi connectivity index (χ0v) is 20.3. The molecule has 10 nitrogen and oxygen atoms in total. The number of carboxylic acids is 1. The van der Waals surface area contributed by atoms with Crippen molar-refractivity contribution in [2.24, 2.45) is 5.84 Å². The molecular formula is C28H25N5O5. The van der Waals surface area contributed by atoms with Crippen molar-refractivity contribution in [3.05, 3.63) is 78.6 Å². The number of aliphatic carboxylic acids is 1. The second kappa shape index (κ2) is 10.7. The van der Waals surface area contributed by atoms with Crippen molar-refractivity contribution in [1.29, 1.82) is 0 Å². The Kier molecular flexibility index (Phi) is 6.96. The number of hydrogen-bond donors (Lipinski definition) is 3. The monoisotopic (exact) mass is 511 g/mol. The summed E-state index contributed by atoms with van der Waals surface area (Å²) >= 11 is 0. The van der Waals surface area contributed by atoms with Crippen LogP contribution in [0.4, 0.5) is 0 Å². The minimum absolute atomic E-state index is 0.211. The van der Waals surface area contributed by atoms with E-state index in [1.165, 1.54) is 4.90 Å². The van der Waals surface area contributed by atoms with Gasteiger partial charge in [0.25, 0.3) is 11.8 Å². The molecule has 1 saturated heterocycles. The molecule has 0 aliphatic carbocycles. The van der Waals surface area contributed by atoms with E-state index in [-0.39, 0.29) is 12.5 Å². The lowest BCUT2D eigenvalue weighted by Crippen LogP contribution is -2.42. The van der Waals surface area contributed by atoms with Gasteiger partial charge in [-0.15, -0.1) is 0 Å². The van der Waals surface area contributed by atoms with Crippen molar-refractivity contribution in [3.8, 4) is 28.1 Å². The number of ether oxygens (including phenoxy) is 1. The summed E-state index contributed by atoms with van der Waals surface area (Å²) in [7, 11) is 0. The summed E-state index contributed by atoms with van der Waals surface area (Å²) in [6.07, 6.45) is 4.35. The number of aromatic nitrogens is 2. The van der Waals surface area contributed by atoms with Gasteiger partial charge in [0.15, 0.2) is 6.61 Å². The average molecular weight is 512 g/mol. The second-order valence-electron chi connectivity index (χ2n) is 8.90. The summed E-state index contributed by atoms with van der Waals surface area (Å²) in [5.41, 5.74) is 6.57. The topological polar surface area (TPSA) is 148 Å². The zero-order chi connectivity index (χ0) is 26.6. The zero-order valence-electron chi connectivity index (χ0n) is 20.3. The molecule has 2 amide bonds. The number of benzene rings is 2. The Morgan fingerprint density at radius 2 is 1.71 bits per heavy atom. The van der Waals surface area contributed by atoms with E-state index in [0.717, 1.165) is 16.7 Å². The summed E-state index contributed by atoms with van der Waals surface area (Å²) in [5.74, 6) is 4.15. The van der Waals surface area contributed by atoms with Gasteiger partial charge in [-0.05, 0) is 48.2 Å². The van der Waals surface area contributed by atoms with Crippen LogP contribution in [0.25, 0.3) is 33.3 Å². The number of carbonyl (C=O) groups excluding carboxylic acids is 2. The van der Waals surface area contributed by atoms with Crippen molar-refractivity contribution in [2.75, 3.05) is 13.2 Å². The second-order valence-corrected chi connectivity index (χ2v) is 8.90. The molecule has 0 saturated carbocycles. The number of pyridine rings is 2. The molecule has 1 atom stereocenters. The van der Waals surface area contributed by atoms with Gasteiger partial charge in [0.1, 0.15) is 11.8 Å². The van der Waals surface area contributed by atoms with Gasteiger partial charge < -0.3 is 14.7 Å². The number of hydrogen-bond acceptors (Lipinski definition) is 7. The number of nitrogens with zero attached hydrogens (tertiary/aromatic N) is 3. The number of amides is 2. The van der Waals surface area contributed by atoms with Crippen LogP contribution in [-0.4, -0.2) is 57.0 Å². The Hall–Kier alpha value is -4.83. The van der Waals surface area contributed by atoms with E-state index in [4.69, 9.17) is 10.6 Å². The maximum Gasteiger partial charge on any atom is 0.326 e. The standard InChI is InChI=1S/C28H25N5O5/c29-32-27(35)21-14-24(31-23-11-12-30-15-22(21)23)19-5-3-17(4-6-19)18-7-9-20(10-8-18)38-16-26(34)33-13-1-2-25(33)28(36)37/h3-12,14-15,25H,1-2,13,16,29H2,(H,32,35)(H,36,37). The van der Waals surface area contributed by atoms with E-state index >= 15 is 0 Å². The van der Waals surface area contributed by atoms with Gasteiger partial charge in [-0.2, -0.15) is 0 Å². The van der Waals surface area contributed by atoms with E-state index in [1.807, 2.05) is 36.4 Å². The van der Waals surface area contributed by atoms with Crippen LogP contribution in [0.2, 0.25) is 0 Å². The molecule has 2 aromatic carbocycles. The summed E-state index contributed by atoms with van der Waals surface area (Å²) in [5, 5.41) is 9.88. The molecule has 2 aromatic heterocycles. The van der Waals surface area contributed by atoms with Gasteiger partial charge in [0.05, 0.1) is 16.8 Å². The number of nitrogens with two attached hydrogens (primary N) is 1. The minimum Gasteiger partial charge on any atom is -0.484 e. The van der Waals surface area contributed by atoms with Crippen molar-refractivity contribution in [3.63, 3.8) is 0 Å². The van der Waals surface area contributed by atoms with Crippen LogP contribution in [0, 0.1) is 0 Å². The largest absolute Gasteiger partial charge is 0.484 e. The molecule has 10 heteroatoms. The van der Waals surface area contributed by atoms with E-state index in [2.05, 4.69) is 15.4 Å². The molecule has 1 aliphatic rings. The lowest BCUT2D eigenvalue weighted by atomic mass is 10.0. The van der Waals surface area contributed by atoms with E-state index in [1.54, 1.807) is 36.7 Å². The first-order chi connectivity index (χ1) is 18.4. The fourth-order valence-corrected chi connectivity index (χ4v) is 4.61. The lowest BCUT2D eigenvalue weighted by molar-refractivity contribution is -0.148. The minimum atomic E-state index is -0.985. The Bertz CT molecular complexity index is 1500. The van der Waals surface area contributed by atoms with Gasteiger partial charge >= 0.3 is 5.97 Å². The van der Waals surface area contributed by atoms with Gasteiger partial charge in [-0.25, -0.2) is 15.6 Å². The molecule has 4 N–H and O–H groups in total. The van der Waals surface area contributed by atoms with Crippen LogP contribution in [0.15, 0.2) is 73.1 Å². The van der Waals surface area contributed by atoms with Crippen LogP contribution >= 0.6 is 0 Å². The van der Waals surface area contributed by atoms with Gasteiger partial charge in [0.2, 0.25) is 0 Å². The SMILES string of the molecule is NNC(=O)c1cc(-c2ccc(-c3ccc(OCC(=O)N4CCCC4C(=O)O)cc3)cc2)nc2ccncc12. The Balaban J connectivity index is 1.29. The first kappa shape index (κ1) is 24.8. The predicted molar refractivity (Wildman–Crippen MR) is 140 cm³/mol. The van der Waals surface area contributed by atoms with Crippen molar-refractivity contribution in [1.82, 2.24) is 20.3 Å². The number of fused-ring (bicyclic) bond motifs is 1. The molecule has 1 aliphatic heterocycles. The number of likely N-dealkylation sites (tertiary alicyclic amines) is 1. The number of nitrogen functional groups attached to an aromatic ring is 1. The Morgan fingerprint density at radius 3 is 2.39 bits per heavy atom. The van der Waals surface area contributed by atoms with E-state index in [9.17, 15) is 19.5 Å². The third kappa shape index (κ3) is 5.02. The molecule has 3 heterocycles. The number of rotatable bonds is 7. The number of carbonyl (C=O) groups is 3. The first-order valence-corrected chi connectivity index (χ1v) is 12.1. The van der Waals surface area contributed by atoms with Crippen LogP contribution in [-0.2, 0) is 9.59 Å². The molecule has 5 rings (SSSR count). The number of carboxylic acid groups (broad SMARTS) is 1. The number of nitrogens with one attached hydrogen (secondary N) is 1. The van der Waals surface area contributed by atoms with Crippen LogP contribution < -0.4 is 16.0 Å². The Morgan fingerprint density at radius 1 is 1.03 bits per heavy atom. The fourth-order valence-electron chi connectivity index (χ4n) is 4.61. The maximum absolute atomic E-state index is 12.4. The average Bonchev–Trinajstić information content (AvgIpc) is 3.46. The Labute approximate surface area is 218 Å². The molecule has 38 heavy (non-hydrogen) atoms. The highest BCUT2D eigenvalue weighted by Gasteiger charge is 2.33. The molecule has 0 radical (unpaired) electrons. The molecule has 192 valence electrons. The third-order valence-electron chi connectivity index (χ3n) is 6.57. The van der Waals surface area contributed by atoms with Crippen LogP contribution in [0.5, 0.6) is 5.75 Å². The van der Waals surface area contributed by atoms with Crippen molar-refractivity contribution >= 4 is 28.7 Å². The molecular weight excluding hydrogens is 486 g/mol. The normalized spacial score (nSPS) is 14.9. The van der Waals surface area contributed by atoms with E-state index < -0.39 is 17.9 Å².